The van der Waals surface area contributed by atoms with Crippen molar-refractivity contribution < 1.29 is 4.79 Å². The van der Waals surface area contributed by atoms with Crippen LogP contribution in [0.15, 0.2) is 36.5 Å². The van der Waals surface area contributed by atoms with Crippen LogP contribution < -0.4 is 0 Å². The smallest absolute Gasteiger partial charge is 0.253 e. The first-order valence-electron chi connectivity index (χ1n) is 7.45. The van der Waals surface area contributed by atoms with Crippen LogP contribution in [-0.4, -0.2) is 55.8 Å². The first-order valence-corrected chi connectivity index (χ1v) is 8.61. The van der Waals surface area contributed by atoms with Crippen molar-refractivity contribution in [2.45, 2.75) is 0 Å². The van der Waals surface area contributed by atoms with Crippen LogP contribution in [0.2, 0.25) is 0 Å². The summed E-state index contributed by atoms with van der Waals surface area (Å²) in [5, 5.41) is 10.6. The molecule has 3 aromatic rings. The van der Waals surface area contributed by atoms with Crippen LogP contribution in [0, 0.1) is 0 Å². The van der Waals surface area contributed by atoms with Crippen LogP contribution in [0.5, 0.6) is 0 Å². The monoisotopic (exact) mass is 325 g/mol. The number of amides is 1. The second-order valence-corrected chi connectivity index (χ2v) is 6.60. The Morgan fingerprint density at radius 2 is 1.87 bits per heavy atom. The Hall–Kier alpha value is -2.41. The molecule has 6 nitrogen and oxygen atoms in total. The van der Waals surface area contributed by atoms with Gasteiger partial charge in [0.05, 0.1) is 0 Å². The molecule has 1 amide bonds. The fourth-order valence-corrected chi connectivity index (χ4v) is 3.56. The number of carbonyl (C=O) groups excluding carboxylic acids is 1. The summed E-state index contributed by atoms with van der Waals surface area (Å²) < 4.78 is 0. The lowest BCUT2D eigenvalue weighted by Crippen LogP contribution is -2.37. The van der Waals surface area contributed by atoms with Gasteiger partial charge in [0.1, 0.15) is 5.52 Å². The van der Waals surface area contributed by atoms with E-state index in [-0.39, 0.29) is 5.91 Å². The normalized spacial score (nSPS) is 15.0. The van der Waals surface area contributed by atoms with E-state index in [1.54, 1.807) is 6.20 Å². The standard InChI is InChI=1S/C16H15N5OS/c22-16(21-5-7-23-8-6-21)12-3-1-11(2-4-12)13-9-14-15(17-10-13)19-20-18-14/h1-4,9-10H,5-8H2,(H,17,18,19,20). The summed E-state index contributed by atoms with van der Waals surface area (Å²) in [6.45, 7) is 1.66. The summed E-state index contributed by atoms with van der Waals surface area (Å²) in [6.07, 6.45) is 1.77. The van der Waals surface area contributed by atoms with Crippen LogP contribution in [0.3, 0.4) is 0 Å². The fourth-order valence-electron chi connectivity index (χ4n) is 2.65. The van der Waals surface area contributed by atoms with Crippen LogP contribution in [0.1, 0.15) is 10.4 Å². The SMILES string of the molecule is O=C(c1ccc(-c2cnc3n[nH]nc3c2)cc1)N1CCSCC1. The topological polar surface area (TPSA) is 74.8 Å². The van der Waals surface area contributed by atoms with Gasteiger partial charge < -0.3 is 4.90 Å². The van der Waals surface area contributed by atoms with Gasteiger partial charge in [-0.2, -0.15) is 22.1 Å². The van der Waals surface area contributed by atoms with Crippen molar-refractivity contribution in [3.8, 4) is 11.1 Å². The average Bonchev–Trinajstić information content (AvgIpc) is 3.10. The highest BCUT2D eigenvalue weighted by Gasteiger charge is 2.18. The van der Waals surface area contributed by atoms with Gasteiger partial charge in [0.2, 0.25) is 5.65 Å². The molecule has 0 spiro atoms. The van der Waals surface area contributed by atoms with Crippen molar-refractivity contribution in [2.24, 2.45) is 0 Å². The minimum atomic E-state index is 0.113. The van der Waals surface area contributed by atoms with E-state index in [4.69, 9.17) is 0 Å². The number of aromatic amines is 1. The summed E-state index contributed by atoms with van der Waals surface area (Å²) >= 11 is 1.90. The van der Waals surface area contributed by atoms with Crippen LogP contribution >= 0.6 is 11.8 Å². The van der Waals surface area contributed by atoms with Crippen molar-refractivity contribution in [2.75, 3.05) is 24.6 Å². The van der Waals surface area contributed by atoms with E-state index >= 15 is 0 Å². The van der Waals surface area contributed by atoms with Crippen LogP contribution in [0.25, 0.3) is 22.3 Å². The molecule has 0 radical (unpaired) electrons. The summed E-state index contributed by atoms with van der Waals surface area (Å²) in [4.78, 5) is 18.7. The molecule has 3 heterocycles. The molecule has 1 aromatic carbocycles. The lowest BCUT2D eigenvalue weighted by atomic mass is 10.0. The first-order chi connectivity index (χ1) is 11.3. The molecule has 0 saturated carbocycles. The summed E-state index contributed by atoms with van der Waals surface area (Å²) in [5.74, 6) is 2.15. The van der Waals surface area contributed by atoms with E-state index in [1.165, 1.54) is 0 Å². The molecule has 1 N–H and O–H groups in total. The van der Waals surface area contributed by atoms with E-state index in [9.17, 15) is 4.79 Å². The third-order valence-electron chi connectivity index (χ3n) is 3.94. The highest BCUT2D eigenvalue weighted by atomic mass is 32.2. The van der Waals surface area contributed by atoms with Crippen molar-refractivity contribution >= 4 is 28.8 Å². The van der Waals surface area contributed by atoms with Gasteiger partial charge in [-0.25, -0.2) is 4.98 Å². The highest BCUT2D eigenvalue weighted by molar-refractivity contribution is 7.99. The van der Waals surface area contributed by atoms with Crippen molar-refractivity contribution in [1.29, 1.82) is 0 Å². The number of hydrogen-bond donors (Lipinski definition) is 1. The van der Waals surface area contributed by atoms with Crippen molar-refractivity contribution in [3.05, 3.63) is 42.1 Å². The average molecular weight is 325 g/mol. The first kappa shape index (κ1) is 14.2. The molecule has 116 valence electrons. The minimum absolute atomic E-state index is 0.113. The molecule has 1 fully saturated rings. The van der Waals surface area contributed by atoms with E-state index in [0.29, 0.717) is 5.65 Å². The number of carbonyl (C=O) groups is 1. The summed E-state index contributed by atoms with van der Waals surface area (Å²) in [7, 11) is 0. The van der Waals surface area contributed by atoms with Gasteiger partial charge in [-0.15, -0.1) is 5.10 Å². The quantitative estimate of drug-likeness (QED) is 0.782. The molecule has 4 rings (SSSR count). The molecule has 1 aliphatic heterocycles. The molecule has 1 saturated heterocycles. The molecule has 2 aromatic heterocycles. The number of aromatic nitrogens is 4. The second-order valence-electron chi connectivity index (χ2n) is 5.37. The molecule has 23 heavy (non-hydrogen) atoms. The lowest BCUT2D eigenvalue weighted by molar-refractivity contribution is 0.0772. The number of hydrogen-bond acceptors (Lipinski definition) is 5. The number of thioether (sulfide) groups is 1. The minimum Gasteiger partial charge on any atom is -0.337 e. The number of pyridine rings is 1. The number of fused-ring (bicyclic) bond motifs is 1. The van der Waals surface area contributed by atoms with Crippen molar-refractivity contribution in [3.63, 3.8) is 0 Å². The summed E-state index contributed by atoms with van der Waals surface area (Å²) in [6, 6.07) is 9.60. The van der Waals surface area contributed by atoms with Gasteiger partial charge in [-0.1, -0.05) is 12.1 Å². The van der Waals surface area contributed by atoms with Gasteiger partial charge in [-0.05, 0) is 23.8 Å². The molecule has 0 aliphatic carbocycles. The predicted octanol–water partition coefficient (Wildman–Crippen LogP) is 2.21. The molecular formula is C16H15N5OS. The highest BCUT2D eigenvalue weighted by Crippen LogP contribution is 2.22. The Kier molecular flexibility index (Phi) is 3.70. The molecule has 0 atom stereocenters. The Balaban J connectivity index is 1.58. The molecule has 0 bridgehead atoms. The fraction of sp³-hybridized carbons (Fsp3) is 0.250. The third-order valence-corrected chi connectivity index (χ3v) is 4.88. The van der Waals surface area contributed by atoms with Gasteiger partial charge in [0.25, 0.3) is 5.91 Å². The van der Waals surface area contributed by atoms with Crippen LogP contribution in [-0.2, 0) is 0 Å². The lowest BCUT2D eigenvalue weighted by Gasteiger charge is -2.26. The zero-order valence-corrected chi connectivity index (χ0v) is 13.2. The number of benzene rings is 1. The van der Waals surface area contributed by atoms with E-state index in [0.717, 1.165) is 46.8 Å². The van der Waals surface area contributed by atoms with Gasteiger partial charge in [-0.3, -0.25) is 4.79 Å². The second kappa shape index (κ2) is 6.00. The largest absolute Gasteiger partial charge is 0.337 e. The maximum absolute atomic E-state index is 12.5. The number of nitrogens with zero attached hydrogens (tertiary/aromatic N) is 4. The van der Waals surface area contributed by atoms with Gasteiger partial charge in [0.15, 0.2) is 0 Å². The van der Waals surface area contributed by atoms with Gasteiger partial charge in [0, 0.05) is 41.9 Å². The third kappa shape index (κ3) is 2.79. The summed E-state index contributed by atoms with van der Waals surface area (Å²) in [5.41, 5.74) is 4.03. The molecular weight excluding hydrogens is 310 g/mol. The van der Waals surface area contributed by atoms with E-state index in [1.807, 2.05) is 47.0 Å². The zero-order valence-electron chi connectivity index (χ0n) is 12.4. The Morgan fingerprint density at radius 3 is 2.65 bits per heavy atom. The van der Waals surface area contributed by atoms with Crippen molar-refractivity contribution in [1.82, 2.24) is 25.3 Å². The molecule has 7 heteroatoms. The number of H-pyrrole nitrogens is 1. The van der Waals surface area contributed by atoms with E-state index in [2.05, 4.69) is 20.4 Å². The predicted molar refractivity (Wildman–Crippen MR) is 90.3 cm³/mol. The number of rotatable bonds is 2. The maximum atomic E-state index is 12.5. The molecule has 0 unspecified atom stereocenters. The van der Waals surface area contributed by atoms with Crippen LogP contribution in [0.4, 0.5) is 0 Å². The Labute approximate surface area is 137 Å². The Morgan fingerprint density at radius 1 is 1.09 bits per heavy atom. The molecule has 1 aliphatic rings. The maximum Gasteiger partial charge on any atom is 0.253 e. The van der Waals surface area contributed by atoms with E-state index < -0.39 is 0 Å². The Bertz CT molecular complexity index is 839. The number of nitrogens with one attached hydrogen (secondary N) is 1. The van der Waals surface area contributed by atoms with Gasteiger partial charge >= 0.3 is 0 Å². The zero-order chi connectivity index (χ0) is 15.6.